The molecule has 7 heteroatoms. The van der Waals surface area contributed by atoms with Gasteiger partial charge in [-0.3, -0.25) is 9.20 Å². The minimum atomic E-state index is -0.945. The maximum atomic E-state index is 13.3. The molecule has 2 heterocycles. The Labute approximate surface area is 157 Å². The van der Waals surface area contributed by atoms with E-state index >= 15 is 0 Å². The van der Waals surface area contributed by atoms with Crippen molar-refractivity contribution in [1.29, 1.82) is 0 Å². The predicted octanol–water partition coefficient (Wildman–Crippen LogP) is 4.94. The minimum absolute atomic E-state index is 0.147. The lowest BCUT2D eigenvalue weighted by atomic mass is 10.1. The normalized spacial score (nSPS) is 11.2. The smallest absolute Gasteiger partial charge is 0.308 e. The SMILES string of the molecule is Cc1c(-c2ccc(F)cc2)nc2sc(CC(=O)O)c(-c3ccc(F)cc3)n12. The molecule has 0 atom stereocenters. The van der Waals surface area contributed by atoms with E-state index in [1.54, 1.807) is 24.3 Å². The van der Waals surface area contributed by atoms with E-state index in [0.717, 1.165) is 11.3 Å². The zero-order valence-electron chi connectivity index (χ0n) is 14.2. The van der Waals surface area contributed by atoms with E-state index in [-0.39, 0.29) is 18.1 Å². The molecule has 0 radical (unpaired) electrons. The molecule has 0 saturated heterocycles. The Morgan fingerprint density at radius 1 is 1.04 bits per heavy atom. The molecule has 4 nitrogen and oxygen atoms in total. The van der Waals surface area contributed by atoms with Crippen LogP contribution in [0.15, 0.2) is 48.5 Å². The van der Waals surface area contributed by atoms with Crippen LogP contribution in [0.2, 0.25) is 0 Å². The lowest BCUT2D eigenvalue weighted by molar-refractivity contribution is -0.136. The summed E-state index contributed by atoms with van der Waals surface area (Å²) in [4.78, 5) is 17.2. The predicted molar refractivity (Wildman–Crippen MR) is 99.9 cm³/mol. The van der Waals surface area contributed by atoms with E-state index in [1.807, 2.05) is 11.3 Å². The summed E-state index contributed by atoms with van der Waals surface area (Å²) in [7, 11) is 0. The van der Waals surface area contributed by atoms with Gasteiger partial charge in [0, 0.05) is 16.1 Å². The number of imidazole rings is 1. The molecule has 4 rings (SSSR count). The summed E-state index contributed by atoms with van der Waals surface area (Å²) < 4.78 is 28.5. The molecule has 0 bridgehead atoms. The second-order valence-electron chi connectivity index (χ2n) is 6.12. The fraction of sp³-hybridized carbons (Fsp3) is 0.100. The molecule has 0 aliphatic heterocycles. The molecule has 1 N–H and O–H groups in total. The molecular weight excluding hydrogens is 370 g/mol. The van der Waals surface area contributed by atoms with E-state index in [2.05, 4.69) is 4.98 Å². The first-order valence-corrected chi connectivity index (χ1v) is 9.00. The first kappa shape index (κ1) is 17.4. The fourth-order valence-electron chi connectivity index (χ4n) is 3.13. The first-order chi connectivity index (χ1) is 12.9. The molecule has 4 aromatic rings. The highest BCUT2D eigenvalue weighted by Gasteiger charge is 2.22. The van der Waals surface area contributed by atoms with Crippen LogP contribution in [0.5, 0.6) is 0 Å². The van der Waals surface area contributed by atoms with E-state index in [1.165, 1.54) is 35.6 Å². The molecule has 0 aliphatic rings. The number of aliphatic carboxylic acids is 1. The summed E-state index contributed by atoms with van der Waals surface area (Å²) in [5.41, 5.74) is 3.69. The highest BCUT2D eigenvalue weighted by molar-refractivity contribution is 7.17. The van der Waals surface area contributed by atoms with Crippen LogP contribution < -0.4 is 0 Å². The number of aryl methyl sites for hydroxylation is 1. The average Bonchev–Trinajstić information content (AvgIpc) is 3.12. The van der Waals surface area contributed by atoms with Gasteiger partial charge in [-0.1, -0.05) is 0 Å². The van der Waals surface area contributed by atoms with Crippen LogP contribution in [0.4, 0.5) is 8.78 Å². The van der Waals surface area contributed by atoms with Crippen molar-refractivity contribution < 1.29 is 18.7 Å². The number of benzene rings is 2. The lowest BCUT2D eigenvalue weighted by Gasteiger charge is -2.06. The number of rotatable bonds is 4. The van der Waals surface area contributed by atoms with Gasteiger partial charge in [-0.05, 0) is 61.0 Å². The molecule has 0 fully saturated rings. The topological polar surface area (TPSA) is 54.6 Å². The summed E-state index contributed by atoms with van der Waals surface area (Å²) in [6.45, 7) is 1.88. The molecule has 0 spiro atoms. The Bertz CT molecular complexity index is 1150. The van der Waals surface area contributed by atoms with Crippen molar-refractivity contribution in [2.24, 2.45) is 0 Å². The van der Waals surface area contributed by atoms with Gasteiger partial charge in [-0.15, -0.1) is 11.3 Å². The van der Waals surface area contributed by atoms with Gasteiger partial charge in [-0.2, -0.15) is 0 Å². The van der Waals surface area contributed by atoms with Gasteiger partial charge in [0.15, 0.2) is 4.96 Å². The van der Waals surface area contributed by atoms with Crippen LogP contribution in [0.3, 0.4) is 0 Å². The molecular formula is C20H14F2N2O2S. The van der Waals surface area contributed by atoms with E-state index < -0.39 is 5.97 Å². The summed E-state index contributed by atoms with van der Waals surface area (Å²) in [6, 6.07) is 12.0. The lowest BCUT2D eigenvalue weighted by Crippen LogP contribution is -2.01. The molecule has 0 unspecified atom stereocenters. The van der Waals surface area contributed by atoms with Crippen LogP contribution in [0.1, 0.15) is 10.6 Å². The molecule has 0 amide bonds. The van der Waals surface area contributed by atoms with Crippen LogP contribution >= 0.6 is 11.3 Å². The third kappa shape index (κ3) is 3.10. The zero-order chi connectivity index (χ0) is 19.1. The van der Waals surface area contributed by atoms with Gasteiger partial charge in [0.05, 0.1) is 17.8 Å². The Morgan fingerprint density at radius 3 is 2.15 bits per heavy atom. The Morgan fingerprint density at radius 2 is 1.59 bits per heavy atom. The molecule has 27 heavy (non-hydrogen) atoms. The van der Waals surface area contributed by atoms with Crippen LogP contribution in [-0.4, -0.2) is 20.5 Å². The average molecular weight is 384 g/mol. The van der Waals surface area contributed by atoms with Crippen molar-refractivity contribution >= 4 is 22.3 Å². The second-order valence-corrected chi connectivity index (χ2v) is 7.18. The highest BCUT2D eigenvalue weighted by atomic mass is 32.1. The second kappa shape index (κ2) is 6.59. The summed E-state index contributed by atoms with van der Waals surface area (Å²) >= 11 is 1.29. The van der Waals surface area contributed by atoms with Crippen molar-refractivity contribution in [2.75, 3.05) is 0 Å². The number of halogens is 2. The number of fused-ring (bicyclic) bond motifs is 1. The summed E-state index contributed by atoms with van der Waals surface area (Å²) in [5, 5.41) is 9.25. The Balaban J connectivity index is 1.95. The maximum Gasteiger partial charge on any atom is 0.308 e. The number of nitrogens with zero attached hydrogens (tertiary/aromatic N) is 2. The molecule has 2 aromatic carbocycles. The third-order valence-corrected chi connectivity index (χ3v) is 5.37. The third-order valence-electron chi connectivity index (χ3n) is 4.33. The van der Waals surface area contributed by atoms with E-state index in [4.69, 9.17) is 0 Å². The van der Waals surface area contributed by atoms with Gasteiger partial charge < -0.3 is 5.11 Å². The van der Waals surface area contributed by atoms with Gasteiger partial charge in [0.2, 0.25) is 0 Å². The fourth-order valence-corrected chi connectivity index (χ4v) is 4.31. The van der Waals surface area contributed by atoms with Gasteiger partial charge >= 0.3 is 5.97 Å². The Hall–Kier alpha value is -3.06. The number of hydrogen-bond acceptors (Lipinski definition) is 3. The summed E-state index contributed by atoms with van der Waals surface area (Å²) in [6.07, 6.45) is -0.147. The number of aromatic nitrogens is 2. The highest BCUT2D eigenvalue weighted by Crippen LogP contribution is 2.36. The molecule has 0 saturated carbocycles. The van der Waals surface area contributed by atoms with Crippen molar-refractivity contribution in [3.63, 3.8) is 0 Å². The first-order valence-electron chi connectivity index (χ1n) is 8.18. The Kier molecular flexibility index (Phi) is 4.24. The van der Waals surface area contributed by atoms with Crippen LogP contribution in [-0.2, 0) is 11.2 Å². The van der Waals surface area contributed by atoms with E-state index in [9.17, 15) is 18.7 Å². The number of hydrogen-bond donors (Lipinski definition) is 1. The zero-order valence-corrected chi connectivity index (χ0v) is 15.1. The standard InChI is InChI=1S/C20H14F2N2O2S/c1-11-18(12-2-6-14(21)7-3-12)23-20-24(11)19(16(27-20)10-17(25)26)13-4-8-15(22)9-5-13/h2-9H,10H2,1H3,(H,25,26). The van der Waals surface area contributed by atoms with Crippen molar-refractivity contribution in [2.45, 2.75) is 13.3 Å². The quantitative estimate of drug-likeness (QED) is 0.542. The van der Waals surface area contributed by atoms with Crippen LogP contribution in [0, 0.1) is 18.6 Å². The van der Waals surface area contributed by atoms with E-state index in [0.29, 0.717) is 26.8 Å². The maximum absolute atomic E-state index is 13.3. The van der Waals surface area contributed by atoms with Gasteiger partial charge in [0.1, 0.15) is 11.6 Å². The molecule has 136 valence electrons. The van der Waals surface area contributed by atoms with Gasteiger partial charge in [-0.25, -0.2) is 13.8 Å². The number of carboxylic acid groups (broad SMARTS) is 1. The minimum Gasteiger partial charge on any atom is -0.481 e. The van der Waals surface area contributed by atoms with Gasteiger partial charge in [0.25, 0.3) is 0 Å². The van der Waals surface area contributed by atoms with Crippen molar-refractivity contribution in [3.8, 4) is 22.5 Å². The monoisotopic (exact) mass is 384 g/mol. The van der Waals surface area contributed by atoms with Crippen molar-refractivity contribution in [1.82, 2.24) is 9.38 Å². The molecule has 2 aromatic heterocycles. The van der Waals surface area contributed by atoms with Crippen molar-refractivity contribution in [3.05, 3.63) is 70.7 Å². The van der Waals surface area contributed by atoms with Crippen LogP contribution in [0.25, 0.3) is 27.5 Å². The number of thiazole rings is 1. The summed E-state index contributed by atoms with van der Waals surface area (Å²) in [5.74, 6) is -1.63. The largest absolute Gasteiger partial charge is 0.481 e. The number of carboxylic acids is 1. The number of carbonyl (C=O) groups is 1. The molecule has 0 aliphatic carbocycles.